The molecule has 0 aromatic rings. The lowest BCUT2D eigenvalue weighted by Crippen LogP contribution is -2.15. The predicted molar refractivity (Wildman–Crippen MR) is 41.7 cm³/mol. The maximum atomic E-state index is 10.4. The molecule has 0 heterocycles. The van der Waals surface area contributed by atoms with E-state index >= 15 is 0 Å². The van der Waals surface area contributed by atoms with Gasteiger partial charge in [0.2, 0.25) is 0 Å². The van der Waals surface area contributed by atoms with Crippen molar-refractivity contribution in [3.05, 3.63) is 11.6 Å². The van der Waals surface area contributed by atoms with Gasteiger partial charge in [-0.05, 0) is 30.3 Å². The highest BCUT2D eigenvalue weighted by Gasteiger charge is 2.18. The third-order valence-corrected chi connectivity index (χ3v) is 2.52. The molecule has 1 nitrogen and oxygen atoms in total. The molecule has 0 radical (unpaired) electrons. The second-order valence-corrected chi connectivity index (χ2v) is 3.17. The molecular formula is C9H14O. The van der Waals surface area contributed by atoms with Gasteiger partial charge in [-0.15, -0.1) is 0 Å². The van der Waals surface area contributed by atoms with Crippen LogP contribution in [0.5, 0.6) is 0 Å². The fraction of sp³-hybridized carbons (Fsp3) is 0.667. The Morgan fingerprint density at radius 3 is 2.80 bits per heavy atom. The van der Waals surface area contributed by atoms with Crippen LogP contribution in [0.1, 0.15) is 26.7 Å². The van der Waals surface area contributed by atoms with E-state index in [1.54, 1.807) is 0 Å². The SMILES string of the molecule is CC1CCC=C(C=O)C1C. The Kier molecular flexibility index (Phi) is 2.25. The van der Waals surface area contributed by atoms with Gasteiger partial charge in [0.05, 0.1) is 0 Å². The van der Waals surface area contributed by atoms with Crippen LogP contribution in [0, 0.1) is 11.8 Å². The topological polar surface area (TPSA) is 17.1 Å². The molecule has 1 aliphatic rings. The Morgan fingerprint density at radius 1 is 1.60 bits per heavy atom. The van der Waals surface area contributed by atoms with Crippen molar-refractivity contribution in [2.24, 2.45) is 11.8 Å². The maximum absolute atomic E-state index is 10.4. The van der Waals surface area contributed by atoms with Crippen molar-refractivity contribution in [3.63, 3.8) is 0 Å². The molecule has 0 aliphatic heterocycles. The zero-order valence-corrected chi connectivity index (χ0v) is 6.63. The van der Waals surface area contributed by atoms with Gasteiger partial charge in [-0.3, -0.25) is 4.79 Å². The van der Waals surface area contributed by atoms with Gasteiger partial charge in [-0.1, -0.05) is 19.9 Å². The molecule has 0 spiro atoms. The summed E-state index contributed by atoms with van der Waals surface area (Å²) in [6, 6.07) is 0. The minimum atomic E-state index is 0.478. The Balaban J connectivity index is 2.71. The van der Waals surface area contributed by atoms with Crippen molar-refractivity contribution in [2.45, 2.75) is 26.7 Å². The van der Waals surface area contributed by atoms with Crippen LogP contribution >= 0.6 is 0 Å². The molecule has 1 aliphatic carbocycles. The van der Waals surface area contributed by atoms with E-state index in [9.17, 15) is 4.79 Å². The van der Waals surface area contributed by atoms with E-state index in [0.29, 0.717) is 11.8 Å². The molecule has 1 heteroatoms. The lowest BCUT2D eigenvalue weighted by atomic mass is 9.81. The van der Waals surface area contributed by atoms with E-state index in [4.69, 9.17) is 0 Å². The van der Waals surface area contributed by atoms with E-state index < -0.39 is 0 Å². The van der Waals surface area contributed by atoms with E-state index in [0.717, 1.165) is 18.3 Å². The van der Waals surface area contributed by atoms with Crippen LogP contribution in [0.15, 0.2) is 11.6 Å². The molecule has 0 N–H and O–H groups in total. The van der Waals surface area contributed by atoms with Gasteiger partial charge < -0.3 is 0 Å². The van der Waals surface area contributed by atoms with Crippen LogP contribution < -0.4 is 0 Å². The van der Waals surface area contributed by atoms with Crippen molar-refractivity contribution in [1.82, 2.24) is 0 Å². The molecule has 0 saturated heterocycles. The Morgan fingerprint density at radius 2 is 2.30 bits per heavy atom. The van der Waals surface area contributed by atoms with E-state index in [1.165, 1.54) is 6.42 Å². The fourth-order valence-electron chi connectivity index (χ4n) is 1.43. The summed E-state index contributed by atoms with van der Waals surface area (Å²) in [7, 11) is 0. The van der Waals surface area contributed by atoms with Crippen LogP contribution in [-0.2, 0) is 4.79 Å². The summed E-state index contributed by atoms with van der Waals surface area (Å²) in [6.45, 7) is 4.34. The highest BCUT2D eigenvalue weighted by Crippen LogP contribution is 2.28. The highest BCUT2D eigenvalue weighted by atomic mass is 16.1. The Labute approximate surface area is 62.1 Å². The number of allylic oxidation sites excluding steroid dienone is 2. The smallest absolute Gasteiger partial charge is 0.145 e. The molecule has 56 valence electrons. The number of hydrogen-bond acceptors (Lipinski definition) is 1. The van der Waals surface area contributed by atoms with Crippen molar-refractivity contribution in [1.29, 1.82) is 0 Å². The standard InChI is InChI=1S/C9H14O/c1-7-4-3-5-9(6-10)8(7)2/h5-8H,3-4H2,1-2H3. The highest BCUT2D eigenvalue weighted by molar-refractivity contribution is 5.74. The first-order valence-electron chi connectivity index (χ1n) is 3.91. The number of rotatable bonds is 1. The average molecular weight is 138 g/mol. The quantitative estimate of drug-likeness (QED) is 0.507. The summed E-state index contributed by atoms with van der Waals surface area (Å²) in [5, 5.41) is 0. The van der Waals surface area contributed by atoms with Crippen LogP contribution in [0.3, 0.4) is 0 Å². The molecule has 0 amide bonds. The summed E-state index contributed by atoms with van der Waals surface area (Å²) in [4.78, 5) is 10.4. The first-order chi connectivity index (χ1) is 4.75. The normalized spacial score (nSPS) is 33.2. The second kappa shape index (κ2) is 3.00. The molecule has 2 unspecified atom stereocenters. The third-order valence-electron chi connectivity index (χ3n) is 2.52. The number of hydrogen-bond donors (Lipinski definition) is 0. The van der Waals surface area contributed by atoms with Crippen molar-refractivity contribution < 1.29 is 4.79 Å². The number of aldehydes is 1. The summed E-state index contributed by atoms with van der Waals surface area (Å²) >= 11 is 0. The molecule has 0 saturated carbocycles. The lowest BCUT2D eigenvalue weighted by Gasteiger charge is -2.23. The maximum Gasteiger partial charge on any atom is 0.145 e. The Hall–Kier alpha value is -0.590. The van der Waals surface area contributed by atoms with Gasteiger partial charge in [0, 0.05) is 0 Å². The zero-order chi connectivity index (χ0) is 7.56. The van der Waals surface area contributed by atoms with Gasteiger partial charge in [-0.25, -0.2) is 0 Å². The molecule has 0 fully saturated rings. The summed E-state index contributed by atoms with van der Waals surface area (Å²) in [5.74, 6) is 1.16. The van der Waals surface area contributed by atoms with Crippen molar-refractivity contribution in [2.75, 3.05) is 0 Å². The molecular weight excluding hydrogens is 124 g/mol. The van der Waals surface area contributed by atoms with Crippen molar-refractivity contribution >= 4 is 6.29 Å². The van der Waals surface area contributed by atoms with E-state index in [2.05, 4.69) is 19.9 Å². The molecule has 10 heavy (non-hydrogen) atoms. The van der Waals surface area contributed by atoms with Crippen LogP contribution in [0.25, 0.3) is 0 Å². The largest absolute Gasteiger partial charge is 0.298 e. The average Bonchev–Trinajstić information content (AvgIpc) is 1.95. The Bertz CT molecular complexity index is 158. The van der Waals surface area contributed by atoms with Gasteiger partial charge in [0.15, 0.2) is 0 Å². The van der Waals surface area contributed by atoms with Crippen LogP contribution in [0.2, 0.25) is 0 Å². The summed E-state index contributed by atoms with van der Waals surface area (Å²) < 4.78 is 0. The van der Waals surface area contributed by atoms with E-state index in [-0.39, 0.29) is 0 Å². The fourth-order valence-corrected chi connectivity index (χ4v) is 1.43. The molecule has 0 bridgehead atoms. The van der Waals surface area contributed by atoms with Gasteiger partial charge in [0.1, 0.15) is 6.29 Å². The second-order valence-electron chi connectivity index (χ2n) is 3.17. The zero-order valence-electron chi connectivity index (χ0n) is 6.63. The molecule has 0 aromatic carbocycles. The third kappa shape index (κ3) is 1.28. The van der Waals surface area contributed by atoms with Crippen molar-refractivity contribution in [3.8, 4) is 0 Å². The molecule has 0 aromatic heterocycles. The monoisotopic (exact) mass is 138 g/mol. The van der Waals surface area contributed by atoms with Gasteiger partial charge in [-0.2, -0.15) is 0 Å². The molecule has 1 rings (SSSR count). The molecule has 2 atom stereocenters. The number of carbonyl (C=O) groups excluding carboxylic acids is 1. The van der Waals surface area contributed by atoms with Crippen LogP contribution in [-0.4, -0.2) is 6.29 Å². The first-order valence-corrected chi connectivity index (χ1v) is 3.91. The van der Waals surface area contributed by atoms with E-state index in [1.807, 2.05) is 0 Å². The first kappa shape index (κ1) is 7.52. The summed E-state index contributed by atoms with van der Waals surface area (Å²) in [5.41, 5.74) is 0.999. The summed E-state index contributed by atoms with van der Waals surface area (Å²) in [6.07, 6.45) is 5.38. The predicted octanol–water partition coefficient (Wildman–Crippen LogP) is 2.18. The minimum Gasteiger partial charge on any atom is -0.298 e. The minimum absolute atomic E-state index is 0.478. The van der Waals surface area contributed by atoms with Gasteiger partial charge >= 0.3 is 0 Å². The number of carbonyl (C=O) groups is 1. The van der Waals surface area contributed by atoms with Gasteiger partial charge in [0.25, 0.3) is 0 Å². The van der Waals surface area contributed by atoms with Crippen LogP contribution in [0.4, 0.5) is 0 Å². The lowest BCUT2D eigenvalue weighted by molar-refractivity contribution is -0.105.